The van der Waals surface area contributed by atoms with E-state index in [-0.39, 0.29) is 24.0 Å². The lowest BCUT2D eigenvalue weighted by atomic mass is 10.4. The molecule has 0 bridgehead atoms. The Kier molecular flexibility index (Phi) is 7.56. The quantitative estimate of drug-likeness (QED) is 0.262. The molecule has 0 amide bonds. The number of nitrogens with zero attached hydrogens (tertiary/aromatic N) is 1. The Morgan fingerprint density at radius 3 is 2.55 bits per heavy atom. The monoisotopic (exact) mass is 458 g/mol. The van der Waals surface area contributed by atoms with Crippen LogP contribution in [0.1, 0.15) is 22.6 Å². The first-order valence-corrected chi connectivity index (χ1v) is 9.26. The minimum atomic E-state index is -3.43. The molecule has 0 aromatic carbocycles. The van der Waals surface area contributed by atoms with Gasteiger partial charge in [0.2, 0.25) is 10.0 Å². The average Bonchev–Trinajstić information content (AvgIpc) is 3.16. The van der Waals surface area contributed by atoms with Crippen molar-refractivity contribution < 1.29 is 8.42 Å². The van der Waals surface area contributed by atoms with Crippen LogP contribution >= 0.6 is 35.3 Å². The molecule has 3 N–H and O–H groups in total. The van der Waals surface area contributed by atoms with E-state index in [0.29, 0.717) is 24.0 Å². The molecule has 22 heavy (non-hydrogen) atoms. The first kappa shape index (κ1) is 19.7. The lowest BCUT2D eigenvalue weighted by Crippen LogP contribution is -2.42. The molecule has 1 aromatic rings. The highest BCUT2D eigenvalue weighted by Crippen LogP contribution is 2.24. The van der Waals surface area contributed by atoms with E-state index < -0.39 is 10.0 Å². The van der Waals surface area contributed by atoms with Gasteiger partial charge in [0.15, 0.2) is 5.96 Å². The smallest absolute Gasteiger partial charge is 0.241 e. The molecule has 0 saturated heterocycles. The predicted molar refractivity (Wildman–Crippen MR) is 102 cm³/mol. The fourth-order valence-corrected chi connectivity index (χ4v) is 4.52. The summed E-state index contributed by atoms with van der Waals surface area (Å²) in [5.41, 5.74) is 0. The maximum Gasteiger partial charge on any atom is 0.241 e. The molecule has 0 radical (unpaired) electrons. The largest absolute Gasteiger partial charge is 0.355 e. The van der Waals surface area contributed by atoms with Crippen molar-refractivity contribution in [1.82, 2.24) is 15.4 Å². The second kappa shape index (κ2) is 8.46. The summed E-state index contributed by atoms with van der Waals surface area (Å²) in [6.45, 7) is 4.55. The van der Waals surface area contributed by atoms with Gasteiger partial charge in [0, 0.05) is 35.9 Å². The molecule has 0 atom stereocenters. The van der Waals surface area contributed by atoms with Gasteiger partial charge in [-0.1, -0.05) is 0 Å². The second-order valence-electron chi connectivity index (χ2n) is 5.09. The van der Waals surface area contributed by atoms with Crippen LogP contribution in [-0.2, 0) is 10.0 Å². The Balaban J connectivity index is 0.00000242. The van der Waals surface area contributed by atoms with Gasteiger partial charge in [0.1, 0.15) is 0 Å². The van der Waals surface area contributed by atoms with Crippen LogP contribution in [0.5, 0.6) is 0 Å². The second-order valence-corrected chi connectivity index (χ2v) is 8.29. The number of nitrogens with one attached hydrogen (secondary N) is 3. The zero-order valence-electron chi connectivity index (χ0n) is 13.0. The van der Waals surface area contributed by atoms with E-state index in [2.05, 4.69) is 20.3 Å². The highest BCUT2D eigenvalue weighted by atomic mass is 127. The molecule has 1 aliphatic rings. The molecule has 0 spiro atoms. The molecule has 2 rings (SSSR count). The zero-order chi connectivity index (χ0) is 15.5. The standard InChI is InChI=1S/C13H22N4O2S2.HI/c1-9-8-12(10(2)20-9)21(18,19)16-7-6-15-13(14-3)17-11-4-5-11;/h8,11,16H,4-7H2,1-3H3,(H2,14,15,17);1H. The van der Waals surface area contributed by atoms with Gasteiger partial charge in [-0.15, -0.1) is 35.3 Å². The number of aliphatic imine (C=N–C) groups is 1. The van der Waals surface area contributed by atoms with Crippen molar-refractivity contribution in [2.45, 2.75) is 37.6 Å². The van der Waals surface area contributed by atoms with Crippen LogP contribution in [0, 0.1) is 13.8 Å². The van der Waals surface area contributed by atoms with Crippen LogP contribution in [0.4, 0.5) is 0 Å². The molecular formula is C13H23IN4O2S2. The molecule has 126 valence electrons. The van der Waals surface area contributed by atoms with E-state index in [1.165, 1.54) is 24.2 Å². The minimum absolute atomic E-state index is 0. The number of rotatable bonds is 6. The molecule has 9 heteroatoms. The molecule has 6 nitrogen and oxygen atoms in total. The summed E-state index contributed by atoms with van der Waals surface area (Å²) in [5.74, 6) is 0.722. The van der Waals surface area contributed by atoms with E-state index in [1.54, 1.807) is 13.1 Å². The van der Waals surface area contributed by atoms with Gasteiger partial charge < -0.3 is 10.6 Å². The fourth-order valence-electron chi connectivity index (χ4n) is 1.93. The third-order valence-electron chi connectivity index (χ3n) is 3.14. The third-order valence-corrected chi connectivity index (χ3v) is 5.82. The molecule has 0 unspecified atom stereocenters. The Morgan fingerprint density at radius 2 is 2.05 bits per heavy atom. The van der Waals surface area contributed by atoms with Crippen LogP contribution in [0.25, 0.3) is 0 Å². The molecule has 1 heterocycles. The van der Waals surface area contributed by atoms with Crippen molar-refractivity contribution in [3.63, 3.8) is 0 Å². The Morgan fingerprint density at radius 1 is 1.36 bits per heavy atom. The summed E-state index contributed by atoms with van der Waals surface area (Å²) in [6, 6.07) is 2.23. The average molecular weight is 458 g/mol. The van der Waals surface area contributed by atoms with Crippen LogP contribution in [0.15, 0.2) is 16.0 Å². The van der Waals surface area contributed by atoms with E-state index in [1.807, 2.05) is 13.8 Å². The molecule has 0 aliphatic heterocycles. The summed E-state index contributed by atoms with van der Waals surface area (Å²) < 4.78 is 27.0. The predicted octanol–water partition coefficient (Wildman–Crippen LogP) is 1.59. The van der Waals surface area contributed by atoms with E-state index in [4.69, 9.17) is 0 Å². The Hall–Kier alpha value is -0.390. The van der Waals surface area contributed by atoms with E-state index in [0.717, 1.165) is 15.7 Å². The number of hydrogen-bond donors (Lipinski definition) is 3. The molecule has 1 aliphatic carbocycles. The number of halogens is 1. The van der Waals surface area contributed by atoms with Crippen molar-refractivity contribution in [2.75, 3.05) is 20.1 Å². The first-order valence-electron chi connectivity index (χ1n) is 6.96. The molecule has 1 fully saturated rings. The SMILES string of the molecule is CN=C(NCCNS(=O)(=O)c1cc(C)sc1C)NC1CC1.I. The molecule has 1 saturated carbocycles. The van der Waals surface area contributed by atoms with Crippen LogP contribution in [-0.4, -0.2) is 40.6 Å². The highest BCUT2D eigenvalue weighted by Gasteiger charge is 2.22. The summed E-state index contributed by atoms with van der Waals surface area (Å²) in [6.07, 6.45) is 2.34. The minimum Gasteiger partial charge on any atom is -0.355 e. The summed E-state index contributed by atoms with van der Waals surface area (Å²) in [7, 11) is -1.72. The Bertz CT molecular complexity index is 624. The maximum absolute atomic E-state index is 12.2. The van der Waals surface area contributed by atoms with Crippen molar-refractivity contribution in [3.8, 4) is 0 Å². The van der Waals surface area contributed by atoms with Crippen molar-refractivity contribution in [2.24, 2.45) is 4.99 Å². The van der Waals surface area contributed by atoms with Gasteiger partial charge in [0.25, 0.3) is 0 Å². The Labute approximate surface area is 153 Å². The number of sulfonamides is 1. The van der Waals surface area contributed by atoms with Gasteiger partial charge in [-0.3, -0.25) is 4.99 Å². The van der Waals surface area contributed by atoms with Gasteiger partial charge in [-0.2, -0.15) is 0 Å². The van der Waals surface area contributed by atoms with Crippen LogP contribution in [0.3, 0.4) is 0 Å². The molecular weight excluding hydrogens is 435 g/mol. The lowest BCUT2D eigenvalue weighted by molar-refractivity contribution is 0.580. The summed E-state index contributed by atoms with van der Waals surface area (Å²) in [5, 5.41) is 6.34. The number of hydrogen-bond acceptors (Lipinski definition) is 4. The van der Waals surface area contributed by atoms with E-state index >= 15 is 0 Å². The first-order chi connectivity index (χ1) is 9.92. The number of aryl methyl sites for hydroxylation is 2. The van der Waals surface area contributed by atoms with Gasteiger partial charge >= 0.3 is 0 Å². The van der Waals surface area contributed by atoms with Gasteiger partial charge in [-0.25, -0.2) is 13.1 Å². The summed E-state index contributed by atoms with van der Waals surface area (Å²) in [4.78, 5) is 6.30. The normalized spacial score (nSPS) is 15.3. The van der Waals surface area contributed by atoms with Crippen LogP contribution in [0.2, 0.25) is 0 Å². The fraction of sp³-hybridized carbons (Fsp3) is 0.615. The third kappa shape index (κ3) is 5.67. The topological polar surface area (TPSA) is 82.6 Å². The van der Waals surface area contributed by atoms with Gasteiger partial charge in [-0.05, 0) is 32.8 Å². The van der Waals surface area contributed by atoms with Crippen molar-refractivity contribution >= 4 is 51.3 Å². The zero-order valence-corrected chi connectivity index (χ0v) is 16.9. The lowest BCUT2D eigenvalue weighted by Gasteiger charge is -2.11. The van der Waals surface area contributed by atoms with Crippen LogP contribution < -0.4 is 15.4 Å². The number of thiophene rings is 1. The van der Waals surface area contributed by atoms with E-state index in [9.17, 15) is 8.42 Å². The maximum atomic E-state index is 12.2. The highest BCUT2D eigenvalue weighted by molar-refractivity contribution is 14.0. The van der Waals surface area contributed by atoms with Crippen molar-refractivity contribution in [1.29, 1.82) is 0 Å². The number of guanidine groups is 1. The summed E-state index contributed by atoms with van der Waals surface area (Å²) >= 11 is 1.49. The van der Waals surface area contributed by atoms with Gasteiger partial charge in [0.05, 0.1) is 4.90 Å². The van der Waals surface area contributed by atoms with Crippen molar-refractivity contribution in [3.05, 3.63) is 15.8 Å². The molecule has 1 aromatic heterocycles.